The first-order chi connectivity index (χ1) is 16.6. The SMILES string of the molecule is C#C[C@@]1(O)CC[C@H]2[C@@H]3CCC4=C/C(=N/OCC(=O)N5CCC[C@H]5C(=O)O)CC[C@]4(C)[C@H]3CC[C@@]21C. The maximum absolute atomic E-state index is 12.4. The predicted octanol–water partition coefficient (Wildman–Crippen LogP) is 3.76. The first-order valence-electron chi connectivity index (χ1n) is 13.3. The fraction of sp³-hybridized carbons (Fsp3) is 0.750. The molecule has 3 saturated carbocycles. The summed E-state index contributed by atoms with van der Waals surface area (Å²) >= 11 is 0. The second kappa shape index (κ2) is 8.65. The molecule has 0 aromatic rings. The van der Waals surface area contributed by atoms with Crippen LogP contribution in [0.4, 0.5) is 0 Å². The minimum Gasteiger partial charge on any atom is -0.480 e. The number of terminal acetylenes is 1. The first kappa shape index (κ1) is 24.4. The maximum atomic E-state index is 12.4. The number of aliphatic carboxylic acids is 1. The number of fused-ring (bicyclic) bond motifs is 5. The van der Waals surface area contributed by atoms with Gasteiger partial charge in [-0.2, -0.15) is 0 Å². The van der Waals surface area contributed by atoms with Gasteiger partial charge in [0, 0.05) is 12.0 Å². The first-order valence-corrected chi connectivity index (χ1v) is 13.3. The molecule has 0 bridgehead atoms. The third-order valence-corrected chi connectivity index (χ3v) is 10.6. The molecule has 1 heterocycles. The molecule has 7 nitrogen and oxygen atoms in total. The summed E-state index contributed by atoms with van der Waals surface area (Å²) < 4.78 is 0. The molecule has 1 aliphatic heterocycles. The zero-order valence-electron chi connectivity index (χ0n) is 21.0. The van der Waals surface area contributed by atoms with Gasteiger partial charge in [-0.15, -0.1) is 6.42 Å². The maximum Gasteiger partial charge on any atom is 0.326 e. The van der Waals surface area contributed by atoms with E-state index in [0.29, 0.717) is 43.6 Å². The fourth-order valence-corrected chi connectivity index (χ4v) is 8.47. The topological polar surface area (TPSA) is 99.4 Å². The van der Waals surface area contributed by atoms with Gasteiger partial charge in [0.25, 0.3) is 5.91 Å². The molecule has 190 valence electrons. The van der Waals surface area contributed by atoms with E-state index >= 15 is 0 Å². The second-order valence-electron chi connectivity index (χ2n) is 11.9. The Hall–Kier alpha value is -2.33. The highest BCUT2D eigenvalue weighted by molar-refractivity contribution is 5.96. The number of amides is 1. The number of oxime groups is 1. The van der Waals surface area contributed by atoms with Gasteiger partial charge in [0.2, 0.25) is 0 Å². The molecule has 7 heteroatoms. The van der Waals surface area contributed by atoms with Gasteiger partial charge in [-0.05, 0) is 93.5 Å². The van der Waals surface area contributed by atoms with Crippen molar-refractivity contribution >= 4 is 17.6 Å². The molecule has 5 rings (SSSR count). The molecular weight excluding hydrogens is 444 g/mol. The molecule has 0 aromatic heterocycles. The van der Waals surface area contributed by atoms with E-state index in [0.717, 1.165) is 50.7 Å². The highest BCUT2D eigenvalue weighted by Gasteiger charge is 2.63. The predicted molar refractivity (Wildman–Crippen MR) is 131 cm³/mol. The summed E-state index contributed by atoms with van der Waals surface area (Å²) in [5, 5.41) is 24.7. The Morgan fingerprint density at radius 3 is 2.69 bits per heavy atom. The molecule has 1 amide bonds. The lowest BCUT2D eigenvalue weighted by atomic mass is 9.46. The van der Waals surface area contributed by atoms with Crippen LogP contribution in [0.3, 0.4) is 0 Å². The molecule has 2 N–H and O–H groups in total. The van der Waals surface area contributed by atoms with Crippen LogP contribution in [0.2, 0.25) is 0 Å². The lowest BCUT2D eigenvalue weighted by Gasteiger charge is -2.58. The van der Waals surface area contributed by atoms with Crippen molar-refractivity contribution in [1.82, 2.24) is 4.90 Å². The molecule has 4 aliphatic carbocycles. The van der Waals surface area contributed by atoms with Crippen LogP contribution in [-0.4, -0.2) is 57.5 Å². The number of carbonyl (C=O) groups is 2. The molecule has 0 aromatic carbocycles. The molecule has 7 atom stereocenters. The van der Waals surface area contributed by atoms with Crippen molar-refractivity contribution in [3.05, 3.63) is 11.6 Å². The Bertz CT molecular complexity index is 1010. The Balaban J connectivity index is 1.25. The standard InChI is InChI=1S/C28H38N2O5/c1-4-28(34)14-11-22-20-8-7-18-16-19(9-12-26(18,2)21(20)10-13-27(22,28)3)29-35-17-24(31)30-15-5-6-23(30)25(32)33/h1,16,20-23,34H,5-15,17H2,2-3H3,(H,32,33)/b29-19+/t20-,21+,22+,23+,26+,27+,28-/m1/s1. The van der Waals surface area contributed by atoms with Crippen molar-refractivity contribution in [1.29, 1.82) is 0 Å². The van der Waals surface area contributed by atoms with Crippen molar-refractivity contribution in [2.75, 3.05) is 13.2 Å². The molecular formula is C28H38N2O5. The summed E-state index contributed by atoms with van der Waals surface area (Å²) in [5.74, 6) is 3.14. The number of likely N-dealkylation sites (tertiary alicyclic amines) is 1. The molecule has 0 unspecified atom stereocenters. The molecule has 0 radical (unpaired) electrons. The highest BCUT2D eigenvalue weighted by atomic mass is 16.6. The zero-order chi connectivity index (χ0) is 25.0. The minimum absolute atomic E-state index is 0.125. The quantitative estimate of drug-likeness (QED) is 0.470. The largest absolute Gasteiger partial charge is 0.480 e. The number of rotatable bonds is 4. The zero-order valence-corrected chi connectivity index (χ0v) is 21.0. The van der Waals surface area contributed by atoms with Crippen LogP contribution in [0, 0.1) is 40.9 Å². The molecule has 4 fully saturated rings. The van der Waals surface area contributed by atoms with Crippen LogP contribution >= 0.6 is 0 Å². The Morgan fingerprint density at radius 1 is 1.17 bits per heavy atom. The summed E-state index contributed by atoms with van der Waals surface area (Å²) in [7, 11) is 0. The number of aliphatic hydroxyl groups is 1. The van der Waals surface area contributed by atoms with Gasteiger partial charge < -0.3 is 20.0 Å². The summed E-state index contributed by atoms with van der Waals surface area (Å²) in [6.07, 6.45) is 16.9. The molecule has 0 spiro atoms. The smallest absolute Gasteiger partial charge is 0.326 e. The van der Waals surface area contributed by atoms with Gasteiger partial charge in [0.05, 0.1) is 5.71 Å². The normalized spacial score (nSPS) is 43.5. The van der Waals surface area contributed by atoms with Gasteiger partial charge in [-0.1, -0.05) is 30.5 Å². The number of hydrogen-bond acceptors (Lipinski definition) is 5. The summed E-state index contributed by atoms with van der Waals surface area (Å²) in [5.41, 5.74) is 1.26. The lowest BCUT2D eigenvalue weighted by molar-refractivity contribution is -0.150. The average Bonchev–Trinajstić information content (AvgIpc) is 3.43. The number of carboxylic acid groups (broad SMARTS) is 1. The monoisotopic (exact) mass is 482 g/mol. The summed E-state index contributed by atoms with van der Waals surface area (Å²) in [6, 6.07) is -0.750. The van der Waals surface area contributed by atoms with E-state index in [1.54, 1.807) is 0 Å². The second-order valence-corrected chi connectivity index (χ2v) is 11.9. The highest BCUT2D eigenvalue weighted by Crippen LogP contribution is 2.67. The average molecular weight is 483 g/mol. The summed E-state index contributed by atoms with van der Waals surface area (Å²) in [6.45, 7) is 4.86. The van der Waals surface area contributed by atoms with Crippen LogP contribution in [0.15, 0.2) is 16.8 Å². The van der Waals surface area contributed by atoms with Gasteiger partial charge in [0.15, 0.2) is 6.61 Å². The van der Waals surface area contributed by atoms with Crippen molar-refractivity contribution in [2.24, 2.45) is 33.7 Å². The van der Waals surface area contributed by atoms with Crippen LogP contribution in [-0.2, 0) is 14.4 Å². The van der Waals surface area contributed by atoms with Gasteiger partial charge >= 0.3 is 5.97 Å². The van der Waals surface area contributed by atoms with Crippen molar-refractivity contribution in [3.63, 3.8) is 0 Å². The minimum atomic E-state index is -0.972. The number of carboxylic acids is 1. The van der Waals surface area contributed by atoms with Crippen LogP contribution < -0.4 is 0 Å². The fourth-order valence-electron chi connectivity index (χ4n) is 8.47. The lowest BCUT2D eigenvalue weighted by Crippen LogP contribution is -2.54. The van der Waals surface area contributed by atoms with E-state index in [2.05, 4.69) is 31.0 Å². The van der Waals surface area contributed by atoms with Crippen molar-refractivity contribution in [2.45, 2.75) is 89.7 Å². The Kier molecular flexibility index (Phi) is 6.03. The van der Waals surface area contributed by atoms with Crippen LogP contribution in [0.25, 0.3) is 0 Å². The van der Waals surface area contributed by atoms with Crippen molar-refractivity contribution < 1.29 is 24.6 Å². The van der Waals surface area contributed by atoms with Crippen LogP contribution in [0.5, 0.6) is 0 Å². The van der Waals surface area contributed by atoms with E-state index in [9.17, 15) is 19.8 Å². The molecule has 1 saturated heterocycles. The van der Waals surface area contributed by atoms with Gasteiger partial charge in [-0.3, -0.25) is 4.79 Å². The Labute approximate surface area is 208 Å². The number of hydrogen-bond donors (Lipinski definition) is 2. The number of nitrogens with zero attached hydrogens (tertiary/aromatic N) is 2. The summed E-state index contributed by atoms with van der Waals surface area (Å²) in [4.78, 5) is 30.6. The van der Waals surface area contributed by atoms with Crippen LogP contribution in [0.1, 0.15) is 78.1 Å². The molecule has 5 aliphatic rings. The van der Waals surface area contributed by atoms with Gasteiger partial charge in [-0.25, -0.2) is 4.79 Å². The number of carbonyl (C=O) groups excluding carboxylic acids is 1. The number of allylic oxidation sites excluding steroid dienone is 2. The van der Waals surface area contributed by atoms with E-state index in [4.69, 9.17) is 11.3 Å². The third kappa shape index (κ3) is 3.71. The Morgan fingerprint density at radius 2 is 1.94 bits per heavy atom. The van der Waals surface area contributed by atoms with Gasteiger partial charge in [0.1, 0.15) is 11.6 Å². The van der Waals surface area contributed by atoms with Crippen molar-refractivity contribution in [3.8, 4) is 12.3 Å². The molecule has 35 heavy (non-hydrogen) atoms. The van der Waals surface area contributed by atoms with E-state index < -0.39 is 17.6 Å². The van der Waals surface area contributed by atoms with E-state index in [1.165, 1.54) is 10.5 Å². The van der Waals surface area contributed by atoms with E-state index in [-0.39, 0.29) is 23.3 Å². The third-order valence-electron chi connectivity index (χ3n) is 10.6. The van der Waals surface area contributed by atoms with E-state index in [1.807, 2.05) is 0 Å².